The van der Waals surface area contributed by atoms with Crippen molar-refractivity contribution in [3.63, 3.8) is 0 Å². The maximum atomic E-state index is 12.5. The fraction of sp³-hybridized carbons (Fsp3) is 0.364. The van der Waals surface area contributed by atoms with E-state index in [0.717, 1.165) is 24.0 Å². The average Bonchev–Trinajstić information content (AvgIpc) is 3.01. The lowest BCUT2D eigenvalue weighted by atomic mass is 10.1. The summed E-state index contributed by atoms with van der Waals surface area (Å²) in [5, 5.41) is 5.43. The Morgan fingerprint density at radius 1 is 0.762 bits per heavy atom. The largest absolute Gasteiger partial charge is 0.484 e. The van der Waals surface area contributed by atoms with Crippen LogP contribution in [-0.2, 0) is 36.9 Å². The summed E-state index contributed by atoms with van der Waals surface area (Å²) < 4.78 is 16.8. The molecule has 0 aliphatic carbocycles. The van der Waals surface area contributed by atoms with Crippen LogP contribution in [0.5, 0.6) is 5.75 Å². The second-order valence-corrected chi connectivity index (χ2v) is 9.91. The molecule has 0 spiro atoms. The predicted octanol–water partition coefficient (Wildman–Crippen LogP) is 4.67. The Kier molecular flexibility index (Phi) is 13.5. The summed E-state index contributed by atoms with van der Waals surface area (Å²) >= 11 is 0. The van der Waals surface area contributed by atoms with Crippen molar-refractivity contribution in [1.29, 1.82) is 0 Å². The Hall–Kier alpha value is -4.21. The number of amides is 3. The molecular formula is C33H41N3O6. The van der Waals surface area contributed by atoms with Crippen molar-refractivity contribution in [2.45, 2.75) is 39.2 Å². The van der Waals surface area contributed by atoms with E-state index in [1.807, 2.05) is 43.3 Å². The van der Waals surface area contributed by atoms with E-state index >= 15 is 0 Å². The first-order valence-electron chi connectivity index (χ1n) is 14.1. The van der Waals surface area contributed by atoms with Crippen molar-refractivity contribution in [1.82, 2.24) is 5.32 Å². The highest BCUT2D eigenvalue weighted by Crippen LogP contribution is 2.19. The minimum absolute atomic E-state index is 0.0297. The number of ether oxygens (including phenoxy) is 3. The monoisotopic (exact) mass is 575 g/mol. The summed E-state index contributed by atoms with van der Waals surface area (Å²) in [7, 11) is 3.34. The highest BCUT2D eigenvalue weighted by Gasteiger charge is 2.11. The van der Waals surface area contributed by atoms with Gasteiger partial charge in [-0.25, -0.2) is 0 Å². The van der Waals surface area contributed by atoms with Gasteiger partial charge in [0.05, 0.1) is 32.8 Å². The van der Waals surface area contributed by atoms with Gasteiger partial charge >= 0.3 is 0 Å². The second-order valence-electron chi connectivity index (χ2n) is 9.91. The summed E-state index contributed by atoms with van der Waals surface area (Å²) in [4.78, 5) is 37.8. The molecule has 9 nitrogen and oxygen atoms in total. The van der Waals surface area contributed by atoms with Crippen LogP contribution in [0.1, 0.15) is 36.0 Å². The molecule has 9 heteroatoms. The maximum Gasteiger partial charge on any atom is 0.262 e. The van der Waals surface area contributed by atoms with Crippen molar-refractivity contribution >= 4 is 29.1 Å². The molecule has 0 heterocycles. The quantitative estimate of drug-likeness (QED) is 0.227. The van der Waals surface area contributed by atoms with Crippen molar-refractivity contribution in [2.75, 3.05) is 50.7 Å². The van der Waals surface area contributed by atoms with Crippen LogP contribution in [0.2, 0.25) is 0 Å². The number of benzene rings is 3. The number of carbonyl (C=O) groups is 3. The maximum absolute atomic E-state index is 12.5. The fourth-order valence-corrected chi connectivity index (χ4v) is 4.01. The summed E-state index contributed by atoms with van der Waals surface area (Å²) in [5.41, 5.74) is 4.82. The summed E-state index contributed by atoms with van der Waals surface area (Å²) in [6.07, 6.45) is 2.30. The molecule has 3 rings (SSSR count). The molecule has 42 heavy (non-hydrogen) atoms. The molecule has 224 valence electrons. The molecular weight excluding hydrogens is 534 g/mol. The molecule has 3 aromatic carbocycles. The van der Waals surface area contributed by atoms with E-state index in [1.165, 1.54) is 5.56 Å². The normalized spacial score (nSPS) is 10.6. The SMILES string of the molecule is CNC(=O)CCCc1ccc(NC(=O)COc2ccc(N(C)C(=O)CCOCCOCc3ccc(C)cc3)cc2)cc1. The third-order valence-electron chi connectivity index (χ3n) is 6.58. The summed E-state index contributed by atoms with van der Waals surface area (Å²) in [6.45, 7) is 3.64. The lowest BCUT2D eigenvalue weighted by Crippen LogP contribution is -2.27. The van der Waals surface area contributed by atoms with E-state index in [9.17, 15) is 14.4 Å². The van der Waals surface area contributed by atoms with Gasteiger partial charge in [0.15, 0.2) is 6.61 Å². The van der Waals surface area contributed by atoms with Crippen molar-refractivity contribution in [3.05, 3.63) is 89.5 Å². The number of hydrogen-bond acceptors (Lipinski definition) is 6. The molecule has 0 bridgehead atoms. The van der Waals surface area contributed by atoms with Crippen LogP contribution in [0.25, 0.3) is 0 Å². The first-order valence-corrected chi connectivity index (χ1v) is 14.1. The van der Waals surface area contributed by atoms with Gasteiger partial charge in [-0.05, 0) is 67.3 Å². The smallest absolute Gasteiger partial charge is 0.262 e. The first kappa shape index (κ1) is 32.3. The minimum Gasteiger partial charge on any atom is -0.484 e. The summed E-state index contributed by atoms with van der Waals surface area (Å²) in [5.74, 6) is 0.206. The number of rotatable bonds is 17. The second kappa shape index (κ2) is 17.6. The number of hydrogen-bond donors (Lipinski definition) is 2. The van der Waals surface area contributed by atoms with E-state index in [-0.39, 0.29) is 30.7 Å². The van der Waals surface area contributed by atoms with E-state index in [1.54, 1.807) is 43.3 Å². The number of carbonyl (C=O) groups excluding carboxylic acids is 3. The van der Waals surface area contributed by atoms with E-state index in [4.69, 9.17) is 14.2 Å². The van der Waals surface area contributed by atoms with Gasteiger partial charge in [0.25, 0.3) is 5.91 Å². The summed E-state index contributed by atoms with van der Waals surface area (Å²) in [6, 6.07) is 22.7. The van der Waals surface area contributed by atoms with Crippen molar-refractivity contribution in [2.24, 2.45) is 0 Å². The van der Waals surface area contributed by atoms with Crippen LogP contribution >= 0.6 is 0 Å². The van der Waals surface area contributed by atoms with Crippen LogP contribution in [0.3, 0.4) is 0 Å². The van der Waals surface area contributed by atoms with Gasteiger partial charge in [-0.1, -0.05) is 42.0 Å². The van der Waals surface area contributed by atoms with Crippen LogP contribution in [0, 0.1) is 6.92 Å². The zero-order valence-corrected chi connectivity index (χ0v) is 24.7. The Morgan fingerprint density at radius 2 is 1.43 bits per heavy atom. The fourth-order valence-electron chi connectivity index (χ4n) is 4.01. The van der Waals surface area contributed by atoms with Gasteiger partial charge in [0.2, 0.25) is 11.8 Å². The van der Waals surface area contributed by atoms with Crippen molar-refractivity contribution in [3.8, 4) is 5.75 Å². The van der Waals surface area contributed by atoms with E-state index in [0.29, 0.717) is 50.0 Å². The zero-order chi connectivity index (χ0) is 30.2. The van der Waals surface area contributed by atoms with Gasteiger partial charge < -0.3 is 29.7 Å². The van der Waals surface area contributed by atoms with E-state index < -0.39 is 0 Å². The molecule has 0 unspecified atom stereocenters. The number of nitrogens with zero attached hydrogens (tertiary/aromatic N) is 1. The number of aryl methyl sites for hydroxylation is 2. The average molecular weight is 576 g/mol. The Labute approximate surface area is 248 Å². The molecule has 0 saturated heterocycles. The lowest BCUT2D eigenvalue weighted by molar-refractivity contribution is -0.121. The third-order valence-corrected chi connectivity index (χ3v) is 6.58. The van der Waals surface area contributed by atoms with Gasteiger partial charge in [0, 0.05) is 31.9 Å². The molecule has 0 aliphatic heterocycles. The molecule has 0 saturated carbocycles. The molecule has 0 aromatic heterocycles. The molecule has 0 radical (unpaired) electrons. The van der Waals surface area contributed by atoms with Crippen LogP contribution < -0.4 is 20.3 Å². The van der Waals surface area contributed by atoms with Crippen LogP contribution in [0.15, 0.2) is 72.8 Å². The van der Waals surface area contributed by atoms with Gasteiger partial charge in [-0.3, -0.25) is 14.4 Å². The third kappa shape index (κ3) is 11.7. The van der Waals surface area contributed by atoms with Gasteiger partial charge in [-0.15, -0.1) is 0 Å². The molecule has 2 N–H and O–H groups in total. The minimum atomic E-state index is -0.278. The predicted molar refractivity (Wildman–Crippen MR) is 164 cm³/mol. The molecule has 0 aliphatic rings. The topological polar surface area (TPSA) is 106 Å². The van der Waals surface area contributed by atoms with E-state index in [2.05, 4.69) is 22.8 Å². The molecule has 3 aromatic rings. The Bertz CT molecular complexity index is 1260. The molecule has 3 amide bonds. The number of anilines is 2. The highest BCUT2D eigenvalue weighted by atomic mass is 16.5. The Balaban J connectivity index is 1.29. The Morgan fingerprint density at radius 3 is 2.12 bits per heavy atom. The van der Waals surface area contributed by atoms with Crippen LogP contribution in [-0.4, -0.2) is 58.2 Å². The number of nitrogens with one attached hydrogen (secondary N) is 2. The van der Waals surface area contributed by atoms with Crippen molar-refractivity contribution < 1.29 is 28.6 Å². The standard InChI is InChI=1S/C33H41N3O6/c1-25-7-9-27(10-8-25)23-41-22-21-40-20-19-33(39)36(3)29-15-17-30(18-16-29)42-24-32(38)35-28-13-11-26(12-14-28)5-4-6-31(37)34-2/h7-18H,4-6,19-24H2,1-3H3,(H,34,37)(H,35,38). The van der Waals surface area contributed by atoms with Gasteiger partial charge in [-0.2, -0.15) is 0 Å². The highest BCUT2D eigenvalue weighted by molar-refractivity contribution is 5.93. The van der Waals surface area contributed by atoms with Gasteiger partial charge in [0.1, 0.15) is 5.75 Å². The first-order chi connectivity index (χ1) is 20.3. The molecule has 0 fully saturated rings. The van der Waals surface area contributed by atoms with Crippen LogP contribution in [0.4, 0.5) is 11.4 Å². The molecule has 0 atom stereocenters. The zero-order valence-electron chi connectivity index (χ0n) is 24.7. The lowest BCUT2D eigenvalue weighted by Gasteiger charge is -2.18.